The number of hydrogen-bond acceptors (Lipinski definition) is 3. The first-order valence-corrected chi connectivity index (χ1v) is 6.68. The smallest absolute Gasteiger partial charge is 0.317 e. The Kier molecular flexibility index (Phi) is 4.81. The largest absolute Gasteiger partial charge is 0.497 e. The minimum absolute atomic E-state index is 0.116. The van der Waals surface area contributed by atoms with Gasteiger partial charge in [0.1, 0.15) is 5.75 Å². The molecule has 6 heteroatoms. The standard InChI is InChI=1S/C15H20N4O2/c1-18(10-13-9-17-19(2)11-13)15(20)16-8-12-4-6-14(21-3)7-5-12/h4-7,9,11H,8,10H2,1-3H3,(H,16,20). The summed E-state index contributed by atoms with van der Waals surface area (Å²) in [4.78, 5) is 13.6. The van der Waals surface area contributed by atoms with Gasteiger partial charge in [-0.05, 0) is 17.7 Å². The Labute approximate surface area is 124 Å². The molecule has 1 aromatic heterocycles. The molecule has 21 heavy (non-hydrogen) atoms. The monoisotopic (exact) mass is 288 g/mol. The molecule has 0 atom stereocenters. The second-order valence-corrected chi connectivity index (χ2v) is 4.89. The van der Waals surface area contributed by atoms with Crippen LogP contribution in [0.5, 0.6) is 5.75 Å². The lowest BCUT2D eigenvalue weighted by molar-refractivity contribution is 0.206. The van der Waals surface area contributed by atoms with Gasteiger partial charge in [0.2, 0.25) is 0 Å². The van der Waals surface area contributed by atoms with Crippen molar-refractivity contribution in [1.29, 1.82) is 0 Å². The molecule has 1 N–H and O–H groups in total. The summed E-state index contributed by atoms with van der Waals surface area (Å²) in [7, 11) is 5.24. The third-order valence-corrected chi connectivity index (χ3v) is 3.13. The van der Waals surface area contributed by atoms with Crippen LogP contribution < -0.4 is 10.1 Å². The van der Waals surface area contributed by atoms with Gasteiger partial charge in [0.25, 0.3) is 0 Å². The van der Waals surface area contributed by atoms with Gasteiger partial charge in [-0.3, -0.25) is 4.68 Å². The number of hydrogen-bond donors (Lipinski definition) is 1. The van der Waals surface area contributed by atoms with Gasteiger partial charge in [-0.2, -0.15) is 5.10 Å². The van der Waals surface area contributed by atoms with Gasteiger partial charge < -0.3 is 15.0 Å². The highest BCUT2D eigenvalue weighted by Gasteiger charge is 2.09. The minimum atomic E-state index is -0.116. The number of carbonyl (C=O) groups is 1. The molecule has 6 nitrogen and oxygen atoms in total. The predicted molar refractivity (Wildman–Crippen MR) is 79.9 cm³/mol. The number of aryl methyl sites for hydroxylation is 1. The quantitative estimate of drug-likeness (QED) is 0.912. The Balaban J connectivity index is 1.82. The van der Waals surface area contributed by atoms with Crippen molar-refractivity contribution < 1.29 is 9.53 Å². The fourth-order valence-electron chi connectivity index (χ4n) is 1.96. The first-order chi connectivity index (χ1) is 10.1. The number of amides is 2. The third kappa shape index (κ3) is 4.24. The van der Waals surface area contributed by atoms with Crippen LogP contribution in [0.2, 0.25) is 0 Å². The zero-order valence-corrected chi connectivity index (χ0v) is 12.5. The zero-order chi connectivity index (χ0) is 15.2. The highest BCUT2D eigenvalue weighted by Crippen LogP contribution is 2.11. The summed E-state index contributed by atoms with van der Waals surface area (Å²) in [5, 5.41) is 6.97. The molecule has 0 saturated carbocycles. The summed E-state index contributed by atoms with van der Waals surface area (Å²) in [5.74, 6) is 0.804. The second kappa shape index (κ2) is 6.78. The number of carbonyl (C=O) groups excluding carboxylic acids is 1. The highest BCUT2D eigenvalue weighted by molar-refractivity contribution is 5.73. The van der Waals surface area contributed by atoms with E-state index in [1.54, 1.807) is 29.9 Å². The van der Waals surface area contributed by atoms with Crippen molar-refractivity contribution in [2.45, 2.75) is 13.1 Å². The van der Waals surface area contributed by atoms with E-state index in [1.165, 1.54) is 0 Å². The number of nitrogens with one attached hydrogen (secondary N) is 1. The molecule has 1 aromatic carbocycles. The number of nitrogens with zero attached hydrogens (tertiary/aromatic N) is 3. The van der Waals surface area contributed by atoms with Crippen LogP contribution in [0.3, 0.4) is 0 Å². The Morgan fingerprint density at radius 1 is 1.33 bits per heavy atom. The molecule has 112 valence electrons. The molecule has 0 aliphatic carbocycles. The number of rotatable bonds is 5. The maximum absolute atomic E-state index is 12.0. The van der Waals surface area contributed by atoms with Crippen molar-refractivity contribution in [1.82, 2.24) is 20.0 Å². The van der Waals surface area contributed by atoms with E-state index in [9.17, 15) is 4.79 Å². The Morgan fingerprint density at radius 3 is 2.62 bits per heavy atom. The normalized spacial score (nSPS) is 10.2. The SMILES string of the molecule is COc1ccc(CNC(=O)N(C)Cc2cnn(C)c2)cc1. The minimum Gasteiger partial charge on any atom is -0.497 e. The van der Waals surface area contributed by atoms with E-state index in [2.05, 4.69) is 10.4 Å². The zero-order valence-electron chi connectivity index (χ0n) is 12.5. The molecular weight excluding hydrogens is 268 g/mol. The van der Waals surface area contributed by atoms with E-state index in [0.717, 1.165) is 16.9 Å². The summed E-state index contributed by atoms with van der Waals surface area (Å²) in [6.45, 7) is 1.02. The van der Waals surface area contributed by atoms with Crippen molar-refractivity contribution in [2.24, 2.45) is 7.05 Å². The second-order valence-electron chi connectivity index (χ2n) is 4.89. The molecule has 0 radical (unpaired) electrons. The van der Waals surface area contributed by atoms with E-state index in [1.807, 2.05) is 37.5 Å². The Hall–Kier alpha value is -2.50. The average Bonchev–Trinajstić information content (AvgIpc) is 2.90. The van der Waals surface area contributed by atoms with E-state index < -0.39 is 0 Å². The molecule has 0 aliphatic heterocycles. The Bertz CT molecular complexity index is 592. The van der Waals surface area contributed by atoms with Crippen LogP contribution in [0.4, 0.5) is 4.79 Å². The summed E-state index contributed by atoms with van der Waals surface area (Å²) in [5.41, 5.74) is 2.03. The van der Waals surface area contributed by atoms with Gasteiger partial charge in [-0.15, -0.1) is 0 Å². The fourth-order valence-corrected chi connectivity index (χ4v) is 1.96. The van der Waals surface area contributed by atoms with Crippen molar-refractivity contribution in [3.05, 3.63) is 47.8 Å². The molecule has 0 spiro atoms. The number of urea groups is 1. The van der Waals surface area contributed by atoms with Crippen LogP contribution in [-0.2, 0) is 20.1 Å². The van der Waals surface area contributed by atoms with Crippen LogP contribution >= 0.6 is 0 Å². The van der Waals surface area contributed by atoms with Gasteiger partial charge in [0.05, 0.1) is 19.9 Å². The number of ether oxygens (including phenoxy) is 1. The van der Waals surface area contributed by atoms with Crippen molar-refractivity contribution in [2.75, 3.05) is 14.2 Å². The van der Waals surface area contributed by atoms with Gasteiger partial charge in [-0.25, -0.2) is 4.79 Å². The van der Waals surface area contributed by atoms with Gasteiger partial charge in [-0.1, -0.05) is 12.1 Å². The molecule has 0 unspecified atom stereocenters. The molecule has 1 heterocycles. The van der Waals surface area contributed by atoms with Crippen molar-refractivity contribution in [3.8, 4) is 5.75 Å². The molecular formula is C15H20N4O2. The maximum Gasteiger partial charge on any atom is 0.317 e. The third-order valence-electron chi connectivity index (χ3n) is 3.13. The molecule has 0 aliphatic rings. The van der Waals surface area contributed by atoms with E-state index in [-0.39, 0.29) is 6.03 Å². The van der Waals surface area contributed by atoms with Crippen LogP contribution in [0, 0.1) is 0 Å². The Morgan fingerprint density at radius 2 is 2.05 bits per heavy atom. The summed E-state index contributed by atoms with van der Waals surface area (Å²) >= 11 is 0. The average molecular weight is 288 g/mol. The van der Waals surface area contributed by atoms with E-state index in [4.69, 9.17) is 4.74 Å². The van der Waals surface area contributed by atoms with Gasteiger partial charge in [0.15, 0.2) is 0 Å². The van der Waals surface area contributed by atoms with E-state index in [0.29, 0.717) is 13.1 Å². The summed E-state index contributed by atoms with van der Waals surface area (Å²) < 4.78 is 6.82. The highest BCUT2D eigenvalue weighted by atomic mass is 16.5. The molecule has 0 bridgehead atoms. The van der Waals surface area contributed by atoms with Crippen molar-refractivity contribution >= 4 is 6.03 Å². The first-order valence-electron chi connectivity index (χ1n) is 6.68. The topological polar surface area (TPSA) is 59.4 Å². The molecule has 2 aromatic rings. The fraction of sp³-hybridized carbons (Fsp3) is 0.333. The number of aromatic nitrogens is 2. The summed E-state index contributed by atoms with van der Waals surface area (Å²) in [6, 6.07) is 7.50. The molecule has 0 fully saturated rings. The van der Waals surface area contributed by atoms with Crippen LogP contribution in [-0.4, -0.2) is 34.9 Å². The van der Waals surface area contributed by atoms with Gasteiger partial charge in [0, 0.05) is 32.4 Å². The van der Waals surface area contributed by atoms with E-state index >= 15 is 0 Å². The summed E-state index contributed by atoms with van der Waals surface area (Å²) in [6.07, 6.45) is 3.65. The lowest BCUT2D eigenvalue weighted by atomic mass is 10.2. The molecule has 2 amide bonds. The number of benzene rings is 1. The maximum atomic E-state index is 12.0. The number of methoxy groups -OCH3 is 1. The lowest BCUT2D eigenvalue weighted by Crippen LogP contribution is -2.36. The van der Waals surface area contributed by atoms with Crippen LogP contribution in [0.1, 0.15) is 11.1 Å². The van der Waals surface area contributed by atoms with Crippen LogP contribution in [0.15, 0.2) is 36.7 Å². The molecule has 2 rings (SSSR count). The first kappa shape index (κ1) is 14.9. The van der Waals surface area contributed by atoms with Crippen molar-refractivity contribution in [3.63, 3.8) is 0 Å². The van der Waals surface area contributed by atoms with Gasteiger partial charge >= 0.3 is 6.03 Å². The predicted octanol–water partition coefficient (Wildman–Crippen LogP) is 1.77. The molecule has 0 saturated heterocycles. The van der Waals surface area contributed by atoms with Crippen LogP contribution in [0.25, 0.3) is 0 Å². The lowest BCUT2D eigenvalue weighted by Gasteiger charge is -2.17.